The van der Waals surface area contributed by atoms with Gasteiger partial charge in [0.05, 0.1) is 0 Å². The first kappa shape index (κ1) is 19.5. The van der Waals surface area contributed by atoms with Crippen molar-refractivity contribution in [2.45, 2.75) is 18.9 Å². The van der Waals surface area contributed by atoms with Crippen LogP contribution in [0.25, 0.3) is 10.1 Å². The molecule has 1 aliphatic heterocycles. The van der Waals surface area contributed by atoms with E-state index in [9.17, 15) is 0 Å². The molecular formula is C17H24Cl2N2S. The Bertz CT molecular complexity index is 579. The van der Waals surface area contributed by atoms with E-state index in [2.05, 4.69) is 46.4 Å². The summed E-state index contributed by atoms with van der Waals surface area (Å²) in [4.78, 5) is 2.63. The zero-order valence-electron chi connectivity index (χ0n) is 12.7. The van der Waals surface area contributed by atoms with Gasteiger partial charge < -0.3 is 5.32 Å². The Labute approximate surface area is 149 Å². The predicted molar refractivity (Wildman–Crippen MR) is 103 cm³/mol. The third-order valence-electron chi connectivity index (χ3n) is 4.11. The lowest BCUT2D eigenvalue weighted by Crippen LogP contribution is -2.45. The van der Waals surface area contributed by atoms with Crippen molar-refractivity contribution in [1.82, 2.24) is 10.2 Å². The molecule has 1 aromatic carbocycles. The highest BCUT2D eigenvalue weighted by Gasteiger charge is 2.23. The zero-order chi connectivity index (χ0) is 13.8. The van der Waals surface area contributed by atoms with E-state index in [1.807, 2.05) is 17.4 Å². The van der Waals surface area contributed by atoms with Crippen molar-refractivity contribution in [1.29, 1.82) is 0 Å². The number of allylic oxidation sites excluding steroid dienone is 1. The molecule has 2 nitrogen and oxygen atoms in total. The largest absolute Gasteiger partial charge is 0.314 e. The molecule has 1 saturated heterocycles. The van der Waals surface area contributed by atoms with Crippen LogP contribution in [0.1, 0.15) is 24.4 Å². The van der Waals surface area contributed by atoms with Crippen molar-refractivity contribution in [3.05, 3.63) is 47.9 Å². The van der Waals surface area contributed by atoms with Gasteiger partial charge in [0.2, 0.25) is 0 Å². The van der Waals surface area contributed by atoms with Gasteiger partial charge >= 0.3 is 0 Å². The van der Waals surface area contributed by atoms with Crippen LogP contribution in [-0.4, -0.2) is 31.1 Å². The summed E-state index contributed by atoms with van der Waals surface area (Å²) in [5.74, 6) is 0. The lowest BCUT2D eigenvalue weighted by atomic mass is 9.99. The van der Waals surface area contributed by atoms with Gasteiger partial charge in [0, 0.05) is 36.9 Å². The van der Waals surface area contributed by atoms with Gasteiger partial charge in [-0.25, -0.2) is 0 Å². The smallest absolute Gasteiger partial charge is 0.0366 e. The van der Waals surface area contributed by atoms with Crippen LogP contribution in [0.5, 0.6) is 0 Å². The van der Waals surface area contributed by atoms with Crippen LogP contribution in [0.3, 0.4) is 0 Å². The first-order valence-electron chi connectivity index (χ1n) is 7.42. The molecule has 2 heterocycles. The fourth-order valence-corrected chi connectivity index (χ4v) is 4.07. The minimum Gasteiger partial charge on any atom is -0.314 e. The number of halogens is 2. The number of piperazine rings is 1. The SMILES string of the molecule is C=CCC[C@@H](c1csc2ccccc12)N1CCNCC1.Cl.Cl. The van der Waals surface area contributed by atoms with Gasteiger partial charge in [0.25, 0.3) is 0 Å². The first-order valence-corrected chi connectivity index (χ1v) is 8.30. The Morgan fingerprint density at radius 2 is 1.95 bits per heavy atom. The van der Waals surface area contributed by atoms with E-state index in [1.165, 1.54) is 22.1 Å². The Morgan fingerprint density at radius 1 is 1.23 bits per heavy atom. The van der Waals surface area contributed by atoms with Crippen molar-refractivity contribution in [3.63, 3.8) is 0 Å². The van der Waals surface area contributed by atoms with Crippen LogP contribution in [-0.2, 0) is 0 Å². The maximum Gasteiger partial charge on any atom is 0.0366 e. The quantitative estimate of drug-likeness (QED) is 0.782. The average Bonchev–Trinajstić information content (AvgIpc) is 2.93. The van der Waals surface area contributed by atoms with Crippen LogP contribution in [0.4, 0.5) is 0 Å². The molecular weight excluding hydrogens is 335 g/mol. The summed E-state index contributed by atoms with van der Waals surface area (Å²) >= 11 is 1.87. The molecule has 0 spiro atoms. The van der Waals surface area contributed by atoms with E-state index >= 15 is 0 Å². The number of fused-ring (bicyclic) bond motifs is 1. The van der Waals surface area contributed by atoms with Gasteiger partial charge in [-0.15, -0.1) is 42.7 Å². The van der Waals surface area contributed by atoms with Crippen LogP contribution in [0.2, 0.25) is 0 Å². The Morgan fingerprint density at radius 3 is 2.68 bits per heavy atom. The van der Waals surface area contributed by atoms with Crippen molar-refractivity contribution in [2.24, 2.45) is 0 Å². The lowest BCUT2D eigenvalue weighted by Gasteiger charge is -2.35. The predicted octanol–water partition coefficient (Wildman–Crippen LogP) is 4.66. The zero-order valence-corrected chi connectivity index (χ0v) is 15.1. The van der Waals surface area contributed by atoms with E-state index in [0.717, 1.165) is 32.6 Å². The topological polar surface area (TPSA) is 15.3 Å². The highest BCUT2D eigenvalue weighted by molar-refractivity contribution is 7.17. The molecule has 22 heavy (non-hydrogen) atoms. The van der Waals surface area contributed by atoms with Crippen molar-refractivity contribution in [2.75, 3.05) is 26.2 Å². The van der Waals surface area contributed by atoms with Crippen LogP contribution >= 0.6 is 36.2 Å². The second-order valence-corrected chi connectivity index (χ2v) is 6.27. The molecule has 0 saturated carbocycles. The van der Waals surface area contributed by atoms with E-state index in [1.54, 1.807) is 0 Å². The van der Waals surface area contributed by atoms with E-state index < -0.39 is 0 Å². The number of nitrogens with zero attached hydrogens (tertiary/aromatic N) is 1. The third kappa shape index (κ3) is 4.24. The van der Waals surface area contributed by atoms with Gasteiger partial charge in [-0.3, -0.25) is 4.90 Å². The number of hydrogen-bond acceptors (Lipinski definition) is 3. The molecule has 0 bridgehead atoms. The summed E-state index contributed by atoms with van der Waals surface area (Å²) in [6, 6.07) is 9.31. The minimum absolute atomic E-state index is 0. The van der Waals surface area contributed by atoms with Crippen LogP contribution < -0.4 is 5.32 Å². The number of thiophene rings is 1. The van der Waals surface area contributed by atoms with Gasteiger partial charge in [-0.2, -0.15) is 0 Å². The Kier molecular flexibility index (Phi) is 8.44. The molecule has 1 N–H and O–H groups in total. The van der Waals surface area contributed by atoms with E-state index in [-0.39, 0.29) is 24.8 Å². The number of hydrogen-bond donors (Lipinski definition) is 1. The Balaban J connectivity index is 0.00000121. The second-order valence-electron chi connectivity index (χ2n) is 5.35. The standard InChI is InChI=1S/C17H22N2S.2ClH/c1-2-3-7-16(19-11-9-18-10-12-19)15-13-20-17-8-5-4-6-14(15)17;;/h2,4-6,8,13,16,18H,1,3,7,9-12H2;2*1H/t16-;;/m0../s1. The molecule has 1 aliphatic rings. The maximum atomic E-state index is 3.89. The second kappa shape index (κ2) is 9.53. The molecule has 3 rings (SSSR count). The van der Waals surface area contributed by atoms with Gasteiger partial charge in [0.15, 0.2) is 0 Å². The third-order valence-corrected chi connectivity index (χ3v) is 5.09. The van der Waals surface area contributed by atoms with Crippen LogP contribution in [0, 0.1) is 0 Å². The number of nitrogens with one attached hydrogen (secondary N) is 1. The first-order chi connectivity index (χ1) is 9.90. The summed E-state index contributed by atoms with van der Waals surface area (Å²) in [5, 5.41) is 7.25. The van der Waals surface area contributed by atoms with E-state index in [0.29, 0.717) is 6.04 Å². The van der Waals surface area contributed by atoms with Gasteiger partial charge in [-0.1, -0.05) is 24.3 Å². The molecule has 1 atom stereocenters. The van der Waals surface area contributed by atoms with Crippen LogP contribution in [0.15, 0.2) is 42.3 Å². The summed E-state index contributed by atoms with van der Waals surface area (Å²) in [6.07, 6.45) is 4.30. The summed E-state index contributed by atoms with van der Waals surface area (Å²) in [5.41, 5.74) is 1.51. The van der Waals surface area contributed by atoms with Gasteiger partial charge in [0.1, 0.15) is 0 Å². The van der Waals surface area contributed by atoms with Crippen molar-refractivity contribution >= 4 is 46.2 Å². The highest BCUT2D eigenvalue weighted by Crippen LogP contribution is 2.35. The normalized spacial score (nSPS) is 16.5. The van der Waals surface area contributed by atoms with E-state index in [4.69, 9.17) is 0 Å². The molecule has 1 aromatic heterocycles. The maximum absolute atomic E-state index is 3.89. The molecule has 0 aliphatic carbocycles. The summed E-state index contributed by atoms with van der Waals surface area (Å²) < 4.78 is 1.40. The Hall–Kier alpha value is -0.580. The molecule has 5 heteroatoms. The van der Waals surface area contributed by atoms with Crippen molar-refractivity contribution in [3.8, 4) is 0 Å². The molecule has 2 aromatic rings. The molecule has 122 valence electrons. The number of benzene rings is 1. The summed E-state index contributed by atoms with van der Waals surface area (Å²) in [6.45, 7) is 8.39. The average molecular weight is 359 g/mol. The molecule has 1 fully saturated rings. The van der Waals surface area contributed by atoms with Gasteiger partial charge in [-0.05, 0) is 35.2 Å². The molecule has 0 radical (unpaired) electrons. The monoisotopic (exact) mass is 358 g/mol. The summed E-state index contributed by atoms with van der Waals surface area (Å²) in [7, 11) is 0. The van der Waals surface area contributed by atoms with Crippen molar-refractivity contribution < 1.29 is 0 Å². The fraction of sp³-hybridized carbons (Fsp3) is 0.412. The lowest BCUT2D eigenvalue weighted by molar-refractivity contribution is 0.167. The number of rotatable bonds is 5. The molecule has 0 amide bonds. The minimum atomic E-state index is 0. The highest BCUT2D eigenvalue weighted by atomic mass is 35.5. The fourth-order valence-electron chi connectivity index (χ4n) is 3.06. The molecule has 0 unspecified atom stereocenters.